The Kier molecular flexibility index (Phi) is 6.08. The second-order valence-corrected chi connectivity index (χ2v) is 7.50. The van der Waals surface area contributed by atoms with Crippen molar-refractivity contribution in [2.24, 2.45) is 0 Å². The van der Waals surface area contributed by atoms with Crippen LogP contribution in [0.15, 0.2) is 52.7 Å². The van der Waals surface area contributed by atoms with Crippen molar-refractivity contribution in [3.63, 3.8) is 0 Å². The first kappa shape index (κ1) is 18.9. The summed E-state index contributed by atoms with van der Waals surface area (Å²) in [6.45, 7) is 6.32. The minimum atomic E-state index is -3.90. The molecule has 3 N–H and O–H groups in total. The third kappa shape index (κ3) is 4.99. The number of carbonyl (C=O) groups excluding carboxylic acids is 1. The molecular formula is C17H24N4O3S. The van der Waals surface area contributed by atoms with E-state index in [1.54, 1.807) is 12.1 Å². The Balaban J connectivity index is 2.07. The molecule has 0 spiro atoms. The summed E-state index contributed by atoms with van der Waals surface area (Å²) in [4.78, 5) is 11.7. The molecule has 1 aliphatic rings. The molecule has 0 aliphatic carbocycles. The maximum absolute atomic E-state index is 12.3. The minimum Gasteiger partial charge on any atom is -0.337 e. The van der Waals surface area contributed by atoms with Crippen LogP contribution in [0.3, 0.4) is 0 Å². The lowest BCUT2D eigenvalue weighted by Gasteiger charge is -2.30. The van der Waals surface area contributed by atoms with Crippen LogP contribution in [0.5, 0.6) is 0 Å². The average Bonchev–Trinajstić information content (AvgIpc) is 2.57. The van der Waals surface area contributed by atoms with Gasteiger partial charge in [-0.3, -0.25) is 10.4 Å². The van der Waals surface area contributed by atoms with E-state index in [4.69, 9.17) is 0 Å². The maximum Gasteiger partial charge on any atom is 0.328 e. The highest BCUT2D eigenvalue weighted by Crippen LogP contribution is 2.22. The number of anilines is 1. The molecule has 0 saturated carbocycles. The van der Waals surface area contributed by atoms with Crippen molar-refractivity contribution >= 4 is 21.7 Å². The normalized spacial score (nSPS) is 14.3. The second-order valence-electron chi connectivity index (χ2n) is 5.81. The first-order chi connectivity index (χ1) is 11.8. The Morgan fingerprint density at radius 3 is 2.48 bits per heavy atom. The van der Waals surface area contributed by atoms with Gasteiger partial charge in [0.2, 0.25) is 0 Å². The average molecular weight is 364 g/mol. The van der Waals surface area contributed by atoms with E-state index in [9.17, 15) is 13.2 Å². The van der Waals surface area contributed by atoms with Gasteiger partial charge in [0.25, 0.3) is 10.0 Å². The van der Waals surface area contributed by atoms with E-state index in [1.165, 1.54) is 12.1 Å². The summed E-state index contributed by atoms with van der Waals surface area (Å²) < 4.78 is 26.5. The summed E-state index contributed by atoms with van der Waals surface area (Å²) in [5, 5.41) is 4.38. The number of unbranched alkanes of at least 4 members (excludes halogenated alkanes) is 1. The Labute approximate surface area is 148 Å². The molecule has 1 aliphatic heterocycles. The first-order valence-electron chi connectivity index (χ1n) is 8.16. The number of hydrazine groups is 1. The molecule has 0 fully saturated rings. The molecule has 1 aromatic carbocycles. The molecule has 1 heterocycles. The van der Waals surface area contributed by atoms with E-state index >= 15 is 0 Å². The summed E-state index contributed by atoms with van der Waals surface area (Å²) in [5.74, 6) is 0. The first-order valence-corrected chi connectivity index (χ1v) is 9.64. The van der Waals surface area contributed by atoms with E-state index in [-0.39, 0.29) is 4.90 Å². The zero-order valence-electron chi connectivity index (χ0n) is 14.7. The molecule has 2 rings (SSSR count). The van der Waals surface area contributed by atoms with Gasteiger partial charge < -0.3 is 5.32 Å². The smallest absolute Gasteiger partial charge is 0.328 e. The summed E-state index contributed by atoms with van der Waals surface area (Å²) >= 11 is 0. The van der Waals surface area contributed by atoms with Crippen LogP contribution >= 0.6 is 0 Å². The third-order valence-corrected chi connectivity index (χ3v) is 5.01. The molecule has 136 valence electrons. The van der Waals surface area contributed by atoms with Gasteiger partial charge in [-0.15, -0.1) is 0 Å². The van der Waals surface area contributed by atoms with Crippen molar-refractivity contribution in [3.8, 4) is 0 Å². The number of nitrogens with zero attached hydrogens (tertiary/aromatic N) is 1. The van der Waals surface area contributed by atoms with Crippen molar-refractivity contribution in [2.75, 3.05) is 11.6 Å². The van der Waals surface area contributed by atoms with E-state index in [0.29, 0.717) is 6.54 Å². The van der Waals surface area contributed by atoms with Crippen LogP contribution in [-0.2, 0) is 10.0 Å². The molecule has 0 unspecified atom stereocenters. The Morgan fingerprint density at radius 2 is 1.84 bits per heavy atom. The molecule has 0 aromatic heterocycles. The Hall–Kier alpha value is -2.48. The summed E-state index contributed by atoms with van der Waals surface area (Å²) in [5.41, 5.74) is 5.96. The summed E-state index contributed by atoms with van der Waals surface area (Å²) in [6, 6.07) is 5.60. The number of rotatable bonds is 6. The molecule has 25 heavy (non-hydrogen) atoms. The van der Waals surface area contributed by atoms with Crippen molar-refractivity contribution in [3.05, 3.63) is 47.8 Å². The van der Waals surface area contributed by atoms with Gasteiger partial charge in [-0.25, -0.2) is 17.9 Å². The highest BCUT2D eigenvalue weighted by atomic mass is 32.2. The molecule has 1 aromatic rings. The number of carbonyl (C=O) groups is 1. The van der Waals surface area contributed by atoms with Crippen molar-refractivity contribution in [1.29, 1.82) is 0 Å². The molecule has 0 radical (unpaired) electrons. The quantitative estimate of drug-likeness (QED) is 0.675. The molecular weight excluding hydrogens is 340 g/mol. The van der Waals surface area contributed by atoms with Gasteiger partial charge in [-0.05, 0) is 56.7 Å². The molecule has 0 atom stereocenters. The van der Waals surface area contributed by atoms with Gasteiger partial charge in [-0.2, -0.15) is 0 Å². The summed E-state index contributed by atoms with van der Waals surface area (Å²) in [6.07, 6.45) is 5.65. The highest BCUT2D eigenvalue weighted by Gasteiger charge is 2.18. The maximum atomic E-state index is 12.3. The number of hydrogen-bond acceptors (Lipinski definition) is 5. The summed E-state index contributed by atoms with van der Waals surface area (Å²) in [7, 11) is -3.90. The van der Waals surface area contributed by atoms with Crippen LogP contribution in [0.25, 0.3) is 0 Å². The number of allylic oxidation sites excluding steroid dienone is 4. The fourth-order valence-electron chi connectivity index (χ4n) is 2.26. The van der Waals surface area contributed by atoms with Gasteiger partial charge in [0.1, 0.15) is 0 Å². The van der Waals surface area contributed by atoms with Gasteiger partial charge >= 0.3 is 6.03 Å². The molecule has 0 saturated heterocycles. The molecule has 7 nitrogen and oxygen atoms in total. The molecule has 0 bridgehead atoms. The molecule has 8 heteroatoms. The zero-order chi connectivity index (χ0) is 18.4. The van der Waals surface area contributed by atoms with Gasteiger partial charge in [-0.1, -0.05) is 13.3 Å². The predicted molar refractivity (Wildman–Crippen MR) is 98.2 cm³/mol. The van der Waals surface area contributed by atoms with Crippen LogP contribution < -0.4 is 20.5 Å². The van der Waals surface area contributed by atoms with E-state index in [1.807, 2.05) is 42.7 Å². The fraction of sp³-hybridized carbons (Fsp3) is 0.353. The van der Waals surface area contributed by atoms with Crippen molar-refractivity contribution in [2.45, 2.75) is 38.5 Å². The monoisotopic (exact) mass is 364 g/mol. The minimum absolute atomic E-state index is 0.0350. The predicted octanol–water partition coefficient (Wildman–Crippen LogP) is 2.61. The Bertz CT molecular complexity index is 783. The second kappa shape index (κ2) is 8.06. The van der Waals surface area contributed by atoms with Crippen LogP contribution in [0.4, 0.5) is 10.5 Å². The SMILES string of the molecule is CCCCNC(=O)NS(=O)(=O)c1ccc(N2NC(C)=CC=C2C)cc1. The third-order valence-electron chi connectivity index (χ3n) is 3.66. The number of urea groups is 1. The van der Waals surface area contributed by atoms with Crippen LogP contribution in [0.1, 0.15) is 33.6 Å². The lowest BCUT2D eigenvalue weighted by molar-refractivity contribution is 0.245. The van der Waals surface area contributed by atoms with Crippen LogP contribution in [0, 0.1) is 0 Å². The fourth-order valence-corrected chi connectivity index (χ4v) is 3.19. The number of nitrogens with one attached hydrogen (secondary N) is 3. The van der Waals surface area contributed by atoms with Gasteiger partial charge in [0, 0.05) is 17.9 Å². The highest BCUT2D eigenvalue weighted by molar-refractivity contribution is 7.90. The largest absolute Gasteiger partial charge is 0.337 e. The number of sulfonamides is 1. The zero-order valence-corrected chi connectivity index (χ0v) is 15.5. The van der Waals surface area contributed by atoms with E-state index < -0.39 is 16.1 Å². The van der Waals surface area contributed by atoms with Crippen LogP contribution in [0.2, 0.25) is 0 Å². The van der Waals surface area contributed by atoms with Gasteiger partial charge in [0.15, 0.2) is 0 Å². The van der Waals surface area contributed by atoms with Crippen molar-refractivity contribution in [1.82, 2.24) is 15.5 Å². The number of amides is 2. The topological polar surface area (TPSA) is 90.5 Å². The van der Waals surface area contributed by atoms with Crippen LogP contribution in [-0.4, -0.2) is 21.0 Å². The van der Waals surface area contributed by atoms with Gasteiger partial charge in [0.05, 0.1) is 10.6 Å². The lowest BCUT2D eigenvalue weighted by Crippen LogP contribution is -2.39. The number of hydrogen-bond donors (Lipinski definition) is 3. The van der Waals surface area contributed by atoms with E-state index in [2.05, 4.69) is 10.7 Å². The van der Waals surface area contributed by atoms with Crippen molar-refractivity contribution < 1.29 is 13.2 Å². The number of benzene rings is 1. The standard InChI is InChI=1S/C17H24N4O3S/c1-4-5-12-18-17(22)20-25(23,24)16-10-8-15(9-11-16)21-14(3)7-6-13(2)19-21/h6-11,19H,4-5,12H2,1-3H3,(H2,18,20,22). The Morgan fingerprint density at radius 1 is 1.16 bits per heavy atom. The molecule has 2 amide bonds. The lowest BCUT2D eigenvalue weighted by atomic mass is 10.2. The van der Waals surface area contributed by atoms with E-state index in [0.717, 1.165) is 29.9 Å².